The van der Waals surface area contributed by atoms with Gasteiger partial charge in [0.2, 0.25) is 0 Å². The monoisotopic (exact) mass is 401 g/mol. The van der Waals surface area contributed by atoms with E-state index < -0.39 is 0 Å². The Hall–Kier alpha value is -3.25. The molecule has 2 aromatic heterocycles. The minimum atomic E-state index is -0.174. The van der Waals surface area contributed by atoms with E-state index in [1.807, 2.05) is 6.20 Å². The summed E-state index contributed by atoms with van der Waals surface area (Å²) in [4.78, 5) is 23.6. The average molecular weight is 402 g/mol. The number of piperidine rings is 1. The highest BCUT2D eigenvalue weighted by Gasteiger charge is 2.23. The van der Waals surface area contributed by atoms with Gasteiger partial charge in [0.1, 0.15) is 0 Å². The Kier molecular flexibility index (Phi) is 5.77. The lowest BCUT2D eigenvalue weighted by atomic mass is 9.98. The van der Waals surface area contributed by atoms with Crippen LogP contribution in [0.15, 0.2) is 55.1 Å². The number of nitrogens with two attached hydrogens (primary N) is 1. The zero-order valence-electron chi connectivity index (χ0n) is 17.4. The zero-order chi connectivity index (χ0) is 21.1. The van der Waals surface area contributed by atoms with Crippen molar-refractivity contribution >= 4 is 17.3 Å². The summed E-state index contributed by atoms with van der Waals surface area (Å²) in [6, 6.07) is 10.1. The Bertz CT molecular complexity index is 1020. The van der Waals surface area contributed by atoms with Crippen LogP contribution in [-0.4, -0.2) is 35.0 Å². The van der Waals surface area contributed by atoms with E-state index in [9.17, 15) is 4.79 Å². The number of aryl methyl sites for hydroxylation is 2. The second kappa shape index (κ2) is 8.63. The zero-order valence-corrected chi connectivity index (χ0v) is 17.4. The van der Waals surface area contributed by atoms with Gasteiger partial charge in [-0.25, -0.2) is 0 Å². The van der Waals surface area contributed by atoms with Crippen LogP contribution in [0, 0.1) is 13.8 Å². The second-order valence-electron chi connectivity index (χ2n) is 7.97. The first-order valence-electron chi connectivity index (χ1n) is 10.3. The quantitative estimate of drug-likeness (QED) is 0.692. The summed E-state index contributed by atoms with van der Waals surface area (Å²) in [7, 11) is 0. The molecule has 1 aliphatic rings. The minimum Gasteiger partial charge on any atom is -0.369 e. The van der Waals surface area contributed by atoms with Gasteiger partial charge in [-0.15, -0.1) is 0 Å². The Labute approximate surface area is 177 Å². The molecule has 3 aromatic rings. The molecule has 0 spiro atoms. The van der Waals surface area contributed by atoms with E-state index in [0.29, 0.717) is 11.3 Å². The largest absolute Gasteiger partial charge is 0.369 e. The lowest BCUT2D eigenvalue weighted by molar-refractivity contribution is 0.102. The number of nitrogens with zero attached hydrogens (tertiary/aromatic N) is 3. The van der Waals surface area contributed by atoms with Crippen LogP contribution in [0.25, 0.3) is 11.1 Å². The molecule has 1 aliphatic heterocycles. The third kappa shape index (κ3) is 4.33. The molecule has 1 aromatic carbocycles. The van der Waals surface area contributed by atoms with E-state index in [0.717, 1.165) is 42.7 Å². The molecule has 3 heterocycles. The van der Waals surface area contributed by atoms with Crippen LogP contribution in [0.5, 0.6) is 0 Å². The van der Waals surface area contributed by atoms with Crippen LogP contribution in [0.4, 0.5) is 11.4 Å². The summed E-state index contributed by atoms with van der Waals surface area (Å²) in [5, 5.41) is 3.07. The van der Waals surface area contributed by atoms with Crippen molar-refractivity contribution < 1.29 is 4.79 Å². The van der Waals surface area contributed by atoms with Gasteiger partial charge in [-0.05, 0) is 44.4 Å². The molecule has 0 unspecified atom stereocenters. The molecule has 1 saturated heterocycles. The van der Waals surface area contributed by atoms with Gasteiger partial charge < -0.3 is 16.0 Å². The van der Waals surface area contributed by atoms with Crippen molar-refractivity contribution in [2.75, 3.05) is 23.3 Å². The van der Waals surface area contributed by atoms with E-state index in [1.54, 1.807) is 30.7 Å². The maximum atomic E-state index is 12.9. The molecule has 0 bridgehead atoms. The van der Waals surface area contributed by atoms with Gasteiger partial charge in [-0.1, -0.05) is 29.3 Å². The molecule has 6 nitrogen and oxygen atoms in total. The molecular formula is C24H27N5O. The lowest BCUT2D eigenvalue weighted by Gasteiger charge is -2.34. The highest BCUT2D eigenvalue weighted by atomic mass is 16.1. The lowest BCUT2D eigenvalue weighted by Crippen LogP contribution is -2.40. The first-order valence-corrected chi connectivity index (χ1v) is 10.3. The molecule has 3 N–H and O–H groups in total. The maximum absolute atomic E-state index is 12.9. The number of aromatic nitrogens is 2. The SMILES string of the molecule is Cc1cc(C)cc(-c2cncc(NC(=O)c3ccncc3)c2N2CCC(N)CC2)c1. The first-order chi connectivity index (χ1) is 14.5. The van der Waals surface area contributed by atoms with Gasteiger partial charge in [-0.2, -0.15) is 0 Å². The summed E-state index contributed by atoms with van der Waals surface area (Å²) in [6.07, 6.45) is 8.70. The predicted octanol–water partition coefficient (Wildman–Crippen LogP) is 3.94. The smallest absolute Gasteiger partial charge is 0.255 e. The molecule has 30 heavy (non-hydrogen) atoms. The topological polar surface area (TPSA) is 84.1 Å². The van der Waals surface area contributed by atoms with Crippen LogP contribution < -0.4 is 16.0 Å². The van der Waals surface area contributed by atoms with Gasteiger partial charge in [0.15, 0.2) is 0 Å². The minimum absolute atomic E-state index is 0.174. The van der Waals surface area contributed by atoms with Crippen molar-refractivity contribution in [1.82, 2.24) is 9.97 Å². The fourth-order valence-electron chi connectivity index (χ4n) is 4.05. The van der Waals surface area contributed by atoms with E-state index in [2.05, 4.69) is 52.2 Å². The Morgan fingerprint density at radius 3 is 2.37 bits per heavy atom. The molecule has 1 amide bonds. The van der Waals surface area contributed by atoms with Gasteiger partial charge in [0.05, 0.1) is 17.6 Å². The number of pyridine rings is 2. The van der Waals surface area contributed by atoms with E-state index in [-0.39, 0.29) is 11.9 Å². The molecule has 0 atom stereocenters. The molecule has 4 rings (SSSR count). The van der Waals surface area contributed by atoms with Crippen molar-refractivity contribution in [2.45, 2.75) is 32.7 Å². The van der Waals surface area contributed by atoms with Crippen molar-refractivity contribution in [3.8, 4) is 11.1 Å². The van der Waals surface area contributed by atoms with Crippen LogP contribution in [0.1, 0.15) is 34.3 Å². The van der Waals surface area contributed by atoms with Crippen LogP contribution in [-0.2, 0) is 0 Å². The van der Waals surface area contributed by atoms with Gasteiger partial charge in [0, 0.05) is 48.8 Å². The number of nitrogens with one attached hydrogen (secondary N) is 1. The highest BCUT2D eigenvalue weighted by Crippen LogP contribution is 2.38. The number of carbonyl (C=O) groups is 1. The third-order valence-corrected chi connectivity index (χ3v) is 5.50. The molecule has 154 valence electrons. The highest BCUT2D eigenvalue weighted by molar-refractivity contribution is 6.07. The molecule has 1 fully saturated rings. The fraction of sp³-hybridized carbons (Fsp3) is 0.292. The van der Waals surface area contributed by atoms with Gasteiger partial charge in [-0.3, -0.25) is 14.8 Å². The number of carbonyl (C=O) groups excluding carboxylic acids is 1. The normalized spacial score (nSPS) is 14.6. The summed E-state index contributed by atoms with van der Waals surface area (Å²) >= 11 is 0. The molecule has 0 saturated carbocycles. The molecular weight excluding hydrogens is 374 g/mol. The molecule has 0 radical (unpaired) electrons. The Balaban J connectivity index is 1.78. The summed E-state index contributed by atoms with van der Waals surface area (Å²) in [6.45, 7) is 5.89. The number of hydrogen-bond donors (Lipinski definition) is 2. The van der Waals surface area contributed by atoms with Gasteiger partial charge >= 0.3 is 0 Å². The summed E-state index contributed by atoms with van der Waals surface area (Å²) < 4.78 is 0. The van der Waals surface area contributed by atoms with E-state index >= 15 is 0 Å². The standard InChI is InChI=1S/C24H27N5O/c1-16-11-17(2)13-19(12-16)21-14-27-15-22(23(21)29-9-5-20(25)6-10-29)28-24(30)18-3-7-26-8-4-18/h3-4,7-8,11-15,20H,5-6,9-10,25H2,1-2H3,(H,28,30). The average Bonchev–Trinajstić information content (AvgIpc) is 2.74. The van der Waals surface area contributed by atoms with Crippen molar-refractivity contribution in [3.63, 3.8) is 0 Å². The van der Waals surface area contributed by atoms with E-state index in [4.69, 9.17) is 5.73 Å². The van der Waals surface area contributed by atoms with Crippen molar-refractivity contribution in [1.29, 1.82) is 0 Å². The fourth-order valence-corrected chi connectivity index (χ4v) is 4.05. The first kappa shape index (κ1) is 20.0. The van der Waals surface area contributed by atoms with Crippen LogP contribution in [0.3, 0.4) is 0 Å². The Morgan fingerprint density at radius 2 is 1.70 bits per heavy atom. The van der Waals surface area contributed by atoms with E-state index in [1.165, 1.54) is 11.1 Å². The molecule has 0 aliphatic carbocycles. The Morgan fingerprint density at radius 1 is 1.03 bits per heavy atom. The second-order valence-corrected chi connectivity index (χ2v) is 7.97. The predicted molar refractivity (Wildman–Crippen MR) is 121 cm³/mol. The summed E-state index contributed by atoms with van der Waals surface area (Å²) in [5.41, 5.74) is 12.9. The van der Waals surface area contributed by atoms with Crippen LogP contribution >= 0.6 is 0 Å². The number of rotatable bonds is 4. The van der Waals surface area contributed by atoms with Crippen molar-refractivity contribution in [2.24, 2.45) is 5.73 Å². The number of hydrogen-bond acceptors (Lipinski definition) is 5. The maximum Gasteiger partial charge on any atom is 0.255 e. The van der Waals surface area contributed by atoms with Crippen molar-refractivity contribution in [3.05, 3.63) is 71.8 Å². The van der Waals surface area contributed by atoms with Gasteiger partial charge in [0.25, 0.3) is 5.91 Å². The summed E-state index contributed by atoms with van der Waals surface area (Å²) in [5.74, 6) is -0.174. The van der Waals surface area contributed by atoms with Crippen LogP contribution in [0.2, 0.25) is 0 Å². The number of benzene rings is 1. The molecule has 6 heteroatoms. The third-order valence-electron chi connectivity index (χ3n) is 5.50. The number of anilines is 2. The number of amides is 1.